The number of aromatic nitrogens is 1. The number of carbonyl (C=O) groups is 3. The molecule has 1 heterocycles. The van der Waals surface area contributed by atoms with Crippen molar-refractivity contribution in [1.29, 1.82) is 0 Å². The van der Waals surface area contributed by atoms with E-state index in [4.69, 9.17) is 9.47 Å². The highest BCUT2D eigenvalue weighted by Crippen LogP contribution is 2.20. The Kier molecular flexibility index (Phi) is 8.67. The summed E-state index contributed by atoms with van der Waals surface area (Å²) in [6, 6.07) is 15.2. The van der Waals surface area contributed by atoms with Crippen molar-refractivity contribution >= 4 is 28.9 Å². The number of para-hydroxylation sites is 1. The van der Waals surface area contributed by atoms with E-state index in [9.17, 15) is 14.4 Å². The summed E-state index contributed by atoms with van der Waals surface area (Å²) < 4.78 is 10.2. The Morgan fingerprint density at radius 1 is 1.00 bits per heavy atom. The van der Waals surface area contributed by atoms with Gasteiger partial charge in [-0.05, 0) is 23.1 Å². The van der Waals surface area contributed by atoms with Crippen LogP contribution in [0.4, 0.5) is 4.79 Å². The van der Waals surface area contributed by atoms with Gasteiger partial charge in [0, 0.05) is 23.5 Å². The molecule has 0 aliphatic heterocycles. The van der Waals surface area contributed by atoms with E-state index in [-0.39, 0.29) is 18.9 Å². The SMILES string of the molecule is CCC(C)C(NC(=O)OCc1ccccc1)C(=O)NC(Cc1c[nH]c2ccccc12)C(=O)OC. The number of hydrogen-bond acceptors (Lipinski definition) is 5. The Labute approximate surface area is 199 Å². The summed E-state index contributed by atoms with van der Waals surface area (Å²) >= 11 is 0. The van der Waals surface area contributed by atoms with Gasteiger partial charge in [-0.15, -0.1) is 0 Å². The normalized spacial score (nSPS) is 13.5. The van der Waals surface area contributed by atoms with Gasteiger partial charge >= 0.3 is 12.1 Å². The Hall–Kier alpha value is -3.81. The molecule has 0 saturated heterocycles. The smallest absolute Gasteiger partial charge is 0.408 e. The van der Waals surface area contributed by atoms with Crippen LogP contribution in [0.5, 0.6) is 0 Å². The number of hydrogen-bond donors (Lipinski definition) is 3. The summed E-state index contributed by atoms with van der Waals surface area (Å²) in [7, 11) is 1.28. The molecule has 3 rings (SSSR count). The third-order valence-electron chi connectivity index (χ3n) is 5.88. The third-order valence-corrected chi connectivity index (χ3v) is 5.88. The molecule has 3 N–H and O–H groups in total. The Balaban J connectivity index is 1.69. The van der Waals surface area contributed by atoms with Gasteiger partial charge in [0.25, 0.3) is 0 Å². The molecule has 0 aliphatic rings. The molecule has 0 radical (unpaired) electrons. The van der Waals surface area contributed by atoms with Crippen LogP contribution >= 0.6 is 0 Å². The van der Waals surface area contributed by atoms with Crippen LogP contribution in [0.15, 0.2) is 60.8 Å². The van der Waals surface area contributed by atoms with Gasteiger partial charge in [-0.1, -0.05) is 68.8 Å². The largest absolute Gasteiger partial charge is 0.467 e. The lowest BCUT2D eigenvalue weighted by molar-refractivity contribution is -0.145. The number of methoxy groups -OCH3 is 1. The molecule has 8 heteroatoms. The fourth-order valence-electron chi connectivity index (χ4n) is 3.71. The van der Waals surface area contributed by atoms with Crippen molar-refractivity contribution in [3.8, 4) is 0 Å². The second-order valence-electron chi connectivity index (χ2n) is 8.22. The Morgan fingerprint density at radius 3 is 2.41 bits per heavy atom. The van der Waals surface area contributed by atoms with E-state index in [1.54, 1.807) is 0 Å². The minimum atomic E-state index is -0.912. The first-order chi connectivity index (χ1) is 16.4. The fourth-order valence-corrected chi connectivity index (χ4v) is 3.71. The predicted molar refractivity (Wildman–Crippen MR) is 129 cm³/mol. The molecule has 0 bridgehead atoms. The standard InChI is InChI=1S/C26H31N3O5/c1-4-17(2)23(29-26(32)34-16-18-10-6-5-7-11-18)24(30)28-22(25(31)33-3)14-19-15-27-21-13-9-8-12-20(19)21/h5-13,15,17,22-23,27H,4,14,16H2,1-3H3,(H,28,30)(H,29,32). The van der Waals surface area contributed by atoms with Crippen molar-refractivity contribution in [2.75, 3.05) is 7.11 Å². The van der Waals surface area contributed by atoms with Gasteiger partial charge in [-0.2, -0.15) is 0 Å². The van der Waals surface area contributed by atoms with Crippen LogP contribution in [0.25, 0.3) is 10.9 Å². The maximum atomic E-state index is 13.2. The number of H-pyrrole nitrogens is 1. The number of ether oxygens (including phenoxy) is 2. The van der Waals surface area contributed by atoms with Crippen molar-refractivity contribution in [3.05, 3.63) is 71.9 Å². The molecule has 3 aromatic rings. The number of benzene rings is 2. The van der Waals surface area contributed by atoms with Gasteiger partial charge in [-0.3, -0.25) is 4.79 Å². The summed E-state index contributed by atoms with van der Waals surface area (Å²) in [6.45, 7) is 3.87. The van der Waals surface area contributed by atoms with Gasteiger partial charge in [-0.25, -0.2) is 9.59 Å². The minimum Gasteiger partial charge on any atom is -0.467 e. The first-order valence-electron chi connectivity index (χ1n) is 11.3. The molecule has 3 unspecified atom stereocenters. The zero-order valence-electron chi connectivity index (χ0n) is 19.7. The van der Waals surface area contributed by atoms with E-state index in [0.29, 0.717) is 6.42 Å². The third kappa shape index (κ3) is 6.37. The average molecular weight is 466 g/mol. The summed E-state index contributed by atoms with van der Waals surface area (Å²) in [5.74, 6) is -1.22. The molecule has 2 aromatic carbocycles. The number of rotatable bonds is 10. The molecule has 8 nitrogen and oxygen atoms in total. The number of aromatic amines is 1. The number of alkyl carbamates (subject to hydrolysis) is 1. The van der Waals surface area contributed by atoms with Crippen molar-refractivity contribution < 1.29 is 23.9 Å². The number of carbonyl (C=O) groups excluding carboxylic acids is 3. The lowest BCUT2D eigenvalue weighted by Gasteiger charge is -2.25. The van der Waals surface area contributed by atoms with E-state index < -0.39 is 30.1 Å². The summed E-state index contributed by atoms with van der Waals surface area (Å²) in [5.41, 5.74) is 2.65. The molecule has 0 spiro atoms. The van der Waals surface area contributed by atoms with Gasteiger partial charge in [0.2, 0.25) is 5.91 Å². The van der Waals surface area contributed by atoms with E-state index >= 15 is 0 Å². The minimum absolute atomic E-state index is 0.0901. The van der Waals surface area contributed by atoms with Gasteiger partial charge < -0.3 is 25.1 Å². The van der Waals surface area contributed by atoms with Gasteiger partial charge in [0.05, 0.1) is 7.11 Å². The highest BCUT2D eigenvalue weighted by atomic mass is 16.5. The molecule has 0 fully saturated rings. The molecular formula is C26H31N3O5. The van der Waals surface area contributed by atoms with Crippen molar-refractivity contribution in [1.82, 2.24) is 15.6 Å². The van der Waals surface area contributed by atoms with Crippen molar-refractivity contribution in [2.45, 2.75) is 45.4 Å². The Bertz CT molecular complexity index is 1110. The fraction of sp³-hybridized carbons (Fsp3) is 0.346. The molecule has 3 atom stereocenters. The average Bonchev–Trinajstić information content (AvgIpc) is 3.28. The maximum absolute atomic E-state index is 13.2. The van der Waals surface area contributed by atoms with Crippen LogP contribution in [-0.4, -0.2) is 42.1 Å². The first kappa shape index (κ1) is 24.8. The summed E-state index contributed by atoms with van der Waals surface area (Å²) in [6.07, 6.45) is 2.00. The molecule has 180 valence electrons. The van der Waals surface area contributed by atoms with Crippen LogP contribution in [0.1, 0.15) is 31.4 Å². The van der Waals surface area contributed by atoms with Gasteiger partial charge in [0.15, 0.2) is 0 Å². The molecule has 0 saturated carbocycles. The zero-order chi connectivity index (χ0) is 24.5. The predicted octanol–water partition coefficient (Wildman–Crippen LogP) is 3.71. The number of esters is 1. The molecule has 1 aromatic heterocycles. The highest BCUT2D eigenvalue weighted by Gasteiger charge is 2.31. The van der Waals surface area contributed by atoms with Crippen LogP contribution in [-0.2, 0) is 32.1 Å². The maximum Gasteiger partial charge on any atom is 0.408 e. The second-order valence-corrected chi connectivity index (χ2v) is 8.22. The van der Waals surface area contributed by atoms with E-state index in [2.05, 4.69) is 15.6 Å². The van der Waals surface area contributed by atoms with E-state index in [0.717, 1.165) is 22.0 Å². The van der Waals surface area contributed by atoms with Crippen molar-refractivity contribution in [3.63, 3.8) is 0 Å². The van der Waals surface area contributed by atoms with Crippen molar-refractivity contribution in [2.24, 2.45) is 5.92 Å². The summed E-state index contributed by atoms with van der Waals surface area (Å²) in [5, 5.41) is 6.39. The zero-order valence-corrected chi connectivity index (χ0v) is 19.7. The van der Waals surface area contributed by atoms with Crippen LogP contribution in [0, 0.1) is 5.92 Å². The topological polar surface area (TPSA) is 110 Å². The first-order valence-corrected chi connectivity index (χ1v) is 11.3. The highest BCUT2D eigenvalue weighted by molar-refractivity contribution is 5.91. The molecule has 0 aliphatic carbocycles. The van der Waals surface area contributed by atoms with Crippen LogP contribution < -0.4 is 10.6 Å². The lowest BCUT2D eigenvalue weighted by Crippen LogP contribution is -2.54. The second kappa shape index (κ2) is 11.9. The Morgan fingerprint density at radius 2 is 1.71 bits per heavy atom. The van der Waals surface area contributed by atoms with E-state index in [1.807, 2.05) is 74.6 Å². The van der Waals surface area contributed by atoms with E-state index in [1.165, 1.54) is 7.11 Å². The number of amides is 2. The quantitative estimate of drug-likeness (QED) is 0.396. The van der Waals surface area contributed by atoms with Gasteiger partial charge in [0.1, 0.15) is 18.7 Å². The molecular weight excluding hydrogens is 434 g/mol. The number of fused-ring (bicyclic) bond motifs is 1. The number of nitrogens with one attached hydrogen (secondary N) is 3. The lowest BCUT2D eigenvalue weighted by atomic mass is 9.97. The van der Waals surface area contributed by atoms with Crippen LogP contribution in [0.3, 0.4) is 0 Å². The summed E-state index contributed by atoms with van der Waals surface area (Å²) in [4.78, 5) is 41.3. The molecule has 34 heavy (non-hydrogen) atoms. The molecule has 2 amide bonds. The monoisotopic (exact) mass is 465 g/mol. The van der Waals surface area contributed by atoms with Crippen LogP contribution in [0.2, 0.25) is 0 Å².